The van der Waals surface area contributed by atoms with Crippen molar-refractivity contribution in [1.82, 2.24) is 5.32 Å². The Hall–Kier alpha value is -2.56. The van der Waals surface area contributed by atoms with Gasteiger partial charge in [0.1, 0.15) is 18.2 Å². The van der Waals surface area contributed by atoms with Crippen LogP contribution in [0.3, 0.4) is 0 Å². The van der Waals surface area contributed by atoms with E-state index in [9.17, 15) is 9.18 Å². The second-order valence-electron chi connectivity index (χ2n) is 5.82. The number of benzene rings is 2. The number of carbonyl (C=O) groups excluding carboxylic acids is 1. The summed E-state index contributed by atoms with van der Waals surface area (Å²) in [6.45, 7) is 1.98. The first kappa shape index (κ1) is 16.3. The van der Waals surface area contributed by atoms with Crippen LogP contribution in [0, 0.1) is 5.82 Å². The van der Waals surface area contributed by atoms with Crippen molar-refractivity contribution in [3.63, 3.8) is 0 Å². The van der Waals surface area contributed by atoms with Gasteiger partial charge >= 0.3 is 0 Å². The maximum absolute atomic E-state index is 13.3. The lowest BCUT2D eigenvalue weighted by molar-refractivity contribution is -0.119. The van der Waals surface area contributed by atoms with Crippen LogP contribution in [0.15, 0.2) is 48.5 Å². The van der Waals surface area contributed by atoms with Gasteiger partial charge in [-0.3, -0.25) is 4.79 Å². The summed E-state index contributed by atoms with van der Waals surface area (Å²) in [5.41, 5.74) is 2.04. The molecule has 3 rings (SSSR count). The van der Waals surface area contributed by atoms with E-state index in [1.807, 2.05) is 23.1 Å². The molecule has 0 aromatic heterocycles. The monoisotopic (exact) mass is 328 g/mol. The standard InChI is InChI=1S/C19H21FN2O2/c20-16-8-9-17-18(13-16)24-12-11-22(17)14-19(23)21-10-4-7-15-5-2-1-3-6-15/h1-3,5-6,8-9,13H,4,7,10-12,14H2,(H,21,23). The number of ether oxygens (including phenoxy) is 1. The molecule has 0 radical (unpaired) electrons. The molecule has 2 aromatic rings. The first-order valence-corrected chi connectivity index (χ1v) is 8.20. The number of nitrogens with one attached hydrogen (secondary N) is 1. The third kappa shape index (κ3) is 4.25. The molecule has 1 aliphatic heterocycles. The van der Waals surface area contributed by atoms with Gasteiger partial charge < -0.3 is 15.0 Å². The Labute approximate surface area is 141 Å². The van der Waals surface area contributed by atoms with Crippen LogP contribution in [0.1, 0.15) is 12.0 Å². The molecule has 1 aliphatic rings. The molecule has 5 heteroatoms. The minimum atomic E-state index is -0.332. The Kier molecular flexibility index (Phi) is 5.31. The van der Waals surface area contributed by atoms with E-state index in [0.717, 1.165) is 18.5 Å². The van der Waals surface area contributed by atoms with E-state index in [2.05, 4.69) is 17.4 Å². The summed E-state index contributed by atoms with van der Waals surface area (Å²) < 4.78 is 18.7. The molecule has 1 amide bonds. The molecule has 2 aromatic carbocycles. The fourth-order valence-corrected chi connectivity index (χ4v) is 2.81. The summed E-state index contributed by atoms with van der Waals surface area (Å²) >= 11 is 0. The number of anilines is 1. The second kappa shape index (κ2) is 7.81. The van der Waals surface area contributed by atoms with Crippen LogP contribution in [0.4, 0.5) is 10.1 Å². The lowest BCUT2D eigenvalue weighted by Gasteiger charge is -2.30. The van der Waals surface area contributed by atoms with E-state index in [4.69, 9.17) is 4.74 Å². The lowest BCUT2D eigenvalue weighted by atomic mass is 10.1. The number of carbonyl (C=O) groups is 1. The average molecular weight is 328 g/mol. The molecule has 0 unspecified atom stereocenters. The zero-order chi connectivity index (χ0) is 16.8. The molecule has 0 spiro atoms. The topological polar surface area (TPSA) is 41.6 Å². The normalized spacial score (nSPS) is 13.1. The Morgan fingerprint density at radius 1 is 1.21 bits per heavy atom. The van der Waals surface area contributed by atoms with Gasteiger partial charge in [0, 0.05) is 12.6 Å². The van der Waals surface area contributed by atoms with E-state index in [-0.39, 0.29) is 18.3 Å². The molecule has 0 atom stereocenters. The summed E-state index contributed by atoms with van der Waals surface area (Å²) in [7, 11) is 0. The van der Waals surface area contributed by atoms with Crippen LogP contribution in [0.25, 0.3) is 0 Å². The minimum Gasteiger partial charge on any atom is -0.489 e. The van der Waals surface area contributed by atoms with Crippen LogP contribution >= 0.6 is 0 Å². The summed E-state index contributed by atoms with van der Waals surface area (Å²) in [6, 6.07) is 14.6. The molecule has 0 bridgehead atoms. The first-order valence-electron chi connectivity index (χ1n) is 8.20. The van der Waals surface area contributed by atoms with Crippen molar-refractivity contribution >= 4 is 11.6 Å². The predicted molar refractivity (Wildman–Crippen MR) is 91.9 cm³/mol. The van der Waals surface area contributed by atoms with Gasteiger partial charge in [0.15, 0.2) is 0 Å². The highest BCUT2D eigenvalue weighted by Crippen LogP contribution is 2.31. The number of aryl methyl sites for hydroxylation is 1. The first-order chi connectivity index (χ1) is 11.7. The van der Waals surface area contributed by atoms with Gasteiger partial charge in [0.25, 0.3) is 0 Å². The quantitative estimate of drug-likeness (QED) is 0.829. The van der Waals surface area contributed by atoms with E-state index in [1.165, 1.54) is 17.7 Å². The number of hydrogen-bond acceptors (Lipinski definition) is 3. The molecule has 0 aliphatic carbocycles. The number of hydrogen-bond donors (Lipinski definition) is 1. The van der Waals surface area contributed by atoms with Crippen molar-refractivity contribution in [1.29, 1.82) is 0 Å². The summed E-state index contributed by atoms with van der Waals surface area (Å²) in [5.74, 6) is 0.138. The molecule has 24 heavy (non-hydrogen) atoms. The molecule has 1 N–H and O–H groups in total. The van der Waals surface area contributed by atoms with Crippen LogP contribution in [-0.4, -0.2) is 32.1 Å². The van der Waals surface area contributed by atoms with Gasteiger partial charge in [-0.05, 0) is 30.5 Å². The highest BCUT2D eigenvalue weighted by molar-refractivity contribution is 5.82. The van der Waals surface area contributed by atoms with E-state index < -0.39 is 0 Å². The number of halogens is 1. The van der Waals surface area contributed by atoms with Crippen LogP contribution in [0.2, 0.25) is 0 Å². The van der Waals surface area contributed by atoms with E-state index >= 15 is 0 Å². The average Bonchev–Trinajstić information content (AvgIpc) is 2.59. The van der Waals surface area contributed by atoms with Gasteiger partial charge in [-0.15, -0.1) is 0 Å². The van der Waals surface area contributed by atoms with Crippen molar-refractivity contribution in [2.45, 2.75) is 12.8 Å². The number of nitrogens with zero attached hydrogens (tertiary/aromatic N) is 1. The maximum atomic E-state index is 13.3. The molecule has 126 valence electrons. The van der Waals surface area contributed by atoms with E-state index in [0.29, 0.717) is 25.4 Å². The maximum Gasteiger partial charge on any atom is 0.239 e. The summed E-state index contributed by atoms with van der Waals surface area (Å²) in [6.07, 6.45) is 1.85. The Balaban J connectivity index is 1.46. The van der Waals surface area contributed by atoms with Crippen molar-refractivity contribution in [2.24, 2.45) is 0 Å². The largest absolute Gasteiger partial charge is 0.489 e. The highest BCUT2D eigenvalue weighted by Gasteiger charge is 2.20. The highest BCUT2D eigenvalue weighted by atomic mass is 19.1. The van der Waals surface area contributed by atoms with Crippen molar-refractivity contribution in [3.05, 3.63) is 59.9 Å². The second-order valence-corrected chi connectivity index (χ2v) is 5.82. The Morgan fingerprint density at radius 3 is 2.88 bits per heavy atom. The van der Waals surface area contributed by atoms with E-state index in [1.54, 1.807) is 6.07 Å². The minimum absolute atomic E-state index is 0.0276. The third-order valence-electron chi connectivity index (χ3n) is 4.02. The van der Waals surface area contributed by atoms with Gasteiger partial charge in [0.05, 0.1) is 18.8 Å². The fraction of sp³-hybridized carbons (Fsp3) is 0.316. The van der Waals surface area contributed by atoms with Crippen molar-refractivity contribution in [3.8, 4) is 5.75 Å². The van der Waals surface area contributed by atoms with Crippen LogP contribution < -0.4 is 15.0 Å². The van der Waals surface area contributed by atoms with Crippen LogP contribution in [-0.2, 0) is 11.2 Å². The smallest absolute Gasteiger partial charge is 0.239 e. The number of fused-ring (bicyclic) bond motifs is 1. The zero-order valence-corrected chi connectivity index (χ0v) is 13.5. The molecule has 4 nitrogen and oxygen atoms in total. The number of amides is 1. The molecule has 0 fully saturated rings. The van der Waals surface area contributed by atoms with Gasteiger partial charge in [-0.1, -0.05) is 30.3 Å². The molecule has 0 saturated heterocycles. The van der Waals surface area contributed by atoms with Crippen LogP contribution in [0.5, 0.6) is 5.75 Å². The zero-order valence-electron chi connectivity index (χ0n) is 13.5. The molecular formula is C19H21FN2O2. The fourth-order valence-electron chi connectivity index (χ4n) is 2.81. The van der Waals surface area contributed by atoms with Crippen molar-refractivity contribution < 1.29 is 13.9 Å². The SMILES string of the molecule is O=C(CN1CCOc2cc(F)ccc21)NCCCc1ccccc1. The van der Waals surface area contributed by atoms with Gasteiger partial charge in [0.2, 0.25) is 5.91 Å². The lowest BCUT2D eigenvalue weighted by Crippen LogP contribution is -2.41. The summed E-state index contributed by atoms with van der Waals surface area (Å²) in [4.78, 5) is 14.1. The van der Waals surface area contributed by atoms with Crippen molar-refractivity contribution in [2.75, 3.05) is 31.1 Å². The Morgan fingerprint density at radius 2 is 2.04 bits per heavy atom. The number of rotatable bonds is 6. The van der Waals surface area contributed by atoms with Gasteiger partial charge in [-0.2, -0.15) is 0 Å². The summed E-state index contributed by atoms with van der Waals surface area (Å²) in [5, 5.41) is 2.95. The molecule has 0 saturated carbocycles. The van der Waals surface area contributed by atoms with Gasteiger partial charge in [-0.25, -0.2) is 4.39 Å². The predicted octanol–water partition coefficient (Wildman–Crippen LogP) is 2.77. The molecule has 1 heterocycles. The Bertz CT molecular complexity index is 691. The molecular weight excluding hydrogens is 307 g/mol. The third-order valence-corrected chi connectivity index (χ3v) is 4.02.